The van der Waals surface area contributed by atoms with Crippen LogP contribution in [0.25, 0.3) is 0 Å². The lowest BCUT2D eigenvalue weighted by molar-refractivity contribution is -0.429. The van der Waals surface area contributed by atoms with Crippen molar-refractivity contribution in [1.82, 2.24) is 0 Å². The van der Waals surface area contributed by atoms with Gasteiger partial charge in [-0.15, -0.1) is 0 Å². The van der Waals surface area contributed by atoms with Gasteiger partial charge in [-0.3, -0.25) is 14.3 Å². The van der Waals surface area contributed by atoms with E-state index in [4.69, 9.17) is 15.8 Å². The molecule has 0 aromatic rings. The standard InChI is InChI=1S/C9H10ClNO5S/c1-3-17(14,15)16-9-5-8(11(12)13)7(10)4-6(9)2/h3-4,9H,1,5H2,2H3. The van der Waals surface area contributed by atoms with E-state index in [9.17, 15) is 18.5 Å². The van der Waals surface area contributed by atoms with Crippen LogP contribution < -0.4 is 0 Å². The van der Waals surface area contributed by atoms with Crippen LogP contribution in [0.3, 0.4) is 0 Å². The van der Waals surface area contributed by atoms with E-state index < -0.39 is 21.1 Å². The summed E-state index contributed by atoms with van der Waals surface area (Å²) in [6, 6.07) is 0. The van der Waals surface area contributed by atoms with E-state index in [1.165, 1.54) is 6.08 Å². The fraction of sp³-hybridized carbons (Fsp3) is 0.333. The topological polar surface area (TPSA) is 86.5 Å². The van der Waals surface area contributed by atoms with E-state index in [1.807, 2.05) is 0 Å². The molecule has 0 spiro atoms. The average molecular weight is 280 g/mol. The second-order valence-corrected chi connectivity index (χ2v) is 5.31. The van der Waals surface area contributed by atoms with Gasteiger partial charge in [0.1, 0.15) is 11.1 Å². The SMILES string of the molecule is C=CS(=O)(=O)OC1CC([N+](=O)[O-])=C(Cl)C=C1C. The normalized spacial score (nSPS) is 21.1. The van der Waals surface area contributed by atoms with E-state index in [1.54, 1.807) is 6.92 Å². The number of hydrogen-bond acceptors (Lipinski definition) is 5. The minimum absolute atomic E-state index is 0.0108. The lowest BCUT2D eigenvalue weighted by Crippen LogP contribution is -2.23. The van der Waals surface area contributed by atoms with Gasteiger partial charge >= 0.3 is 0 Å². The monoisotopic (exact) mass is 279 g/mol. The molecule has 8 heteroatoms. The molecule has 1 unspecified atom stereocenters. The summed E-state index contributed by atoms with van der Waals surface area (Å²) in [6.07, 6.45) is 0.217. The number of nitrogens with zero attached hydrogens (tertiary/aromatic N) is 1. The Bertz CT molecular complexity index is 520. The van der Waals surface area contributed by atoms with Gasteiger partial charge in [-0.05, 0) is 18.6 Å². The van der Waals surface area contributed by atoms with Gasteiger partial charge in [0.2, 0.25) is 0 Å². The Hall–Kier alpha value is -1.18. The molecule has 1 atom stereocenters. The highest BCUT2D eigenvalue weighted by atomic mass is 35.5. The van der Waals surface area contributed by atoms with Crippen molar-refractivity contribution in [1.29, 1.82) is 0 Å². The van der Waals surface area contributed by atoms with Crippen LogP contribution in [0, 0.1) is 10.1 Å². The molecule has 0 N–H and O–H groups in total. The van der Waals surface area contributed by atoms with Crippen LogP contribution in [-0.4, -0.2) is 19.4 Å². The molecule has 17 heavy (non-hydrogen) atoms. The predicted molar refractivity (Wildman–Crippen MR) is 62.2 cm³/mol. The van der Waals surface area contributed by atoms with Gasteiger partial charge in [-0.2, -0.15) is 8.42 Å². The second kappa shape index (κ2) is 4.99. The molecule has 0 aromatic carbocycles. The molecule has 94 valence electrons. The first kappa shape index (κ1) is 13.9. The molecule has 0 saturated carbocycles. The summed E-state index contributed by atoms with van der Waals surface area (Å²) in [5.74, 6) is 0. The lowest BCUT2D eigenvalue weighted by atomic mass is 10.0. The van der Waals surface area contributed by atoms with E-state index in [0.717, 1.165) is 0 Å². The predicted octanol–water partition coefficient (Wildman–Crippen LogP) is 1.92. The number of nitro groups is 1. The molecule has 1 aliphatic carbocycles. The third kappa shape index (κ3) is 3.39. The first-order valence-electron chi connectivity index (χ1n) is 4.54. The number of hydrogen-bond donors (Lipinski definition) is 0. The van der Waals surface area contributed by atoms with Gasteiger partial charge in [-0.25, -0.2) is 0 Å². The zero-order valence-corrected chi connectivity index (χ0v) is 10.5. The number of allylic oxidation sites excluding steroid dienone is 2. The van der Waals surface area contributed by atoms with Crippen molar-refractivity contribution >= 4 is 21.7 Å². The fourth-order valence-corrected chi connectivity index (χ4v) is 2.22. The van der Waals surface area contributed by atoms with Crippen LogP contribution in [0.1, 0.15) is 13.3 Å². The van der Waals surface area contributed by atoms with Gasteiger partial charge in [0.05, 0.1) is 16.8 Å². The summed E-state index contributed by atoms with van der Waals surface area (Å²) in [6.45, 7) is 4.67. The van der Waals surface area contributed by atoms with Crippen LogP contribution in [0.5, 0.6) is 0 Å². The molecule has 0 fully saturated rings. The largest absolute Gasteiger partial charge is 0.290 e. The zero-order valence-electron chi connectivity index (χ0n) is 8.92. The summed E-state index contributed by atoms with van der Waals surface area (Å²) in [5.41, 5.74) is 0.243. The molecule has 0 aliphatic heterocycles. The molecule has 0 bridgehead atoms. The van der Waals surface area contributed by atoms with Crippen LogP contribution in [0.2, 0.25) is 0 Å². The van der Waals surface area contributed by atoms with E-state index >= 15 is 0 Å². The quantitative estimate of drug-likeness (QED) is 0.446. The van der Waals surface area contributed by atoms with Crippen molar-refractivity contribution in [2.24, 2.45) is 0 Å². The Morgan fingerprint density at radius 2 is 2.29 bits per heavy atom. The van der Waals surface area contributed by atoms with E-state index in [-0.39, 0.29) is 17.2 Å². The van der Waals surface area contributed by atoms with Gasteiger partial charge in [0.15, 0.2) is 0 Å². The van der Waals surface area contributed by atoms with Crippen LogP contribution >= 0.6 is 11.6 Å². The van der Waals surface area contributed by atoms with Crippen LogP contribution in [0.4, 0.5) is 0 Å². The third-order valence-corrected chi connectivity index (χ3v) is 3.43. The van der Waals surface area contributed by atoms with Crippen molar-refractivity contribution in [2.45, 2.75) is 19.4 Å². The van der Waals surface area contributed by atoms with Crippen molar-refractivity contribution in [2.75, 3.05) is 0 Å². The maximum atomic E-state index is 11.2. The Kier molecular flexibility index (Phi) is 4.07. The molecular weight excluding hydrogens is 270 g/mol. The highest BCUT2D eigenvalue weighted by Crippen LogP contribution is 2.29. The highest BCUT2D eigenvalue weighted by molar-refractivity contribution is 7.89. The molecule has 1 rings (SSSR count). The van der Waals surface area contributed by atoms with Gasteiger partial charge in [-0.1, -0.05) is 18.2 Å². The smallest absolute Gasteiger partial charge is 0.259 e. The summed E-state index contributed by atoms with van der Waals surface area (Å²) in [4.78, 5) is 10.0. The average Bonchev–Trinajstić information content (AvgIpc) is 2.21. The summed E-state index contributed by atoms with van der Waals surface area (Å²) in [5, 5.41) is 11.3. The number of rotatable bonds is 4. The van der Waals surface area contributed by atoms with Crippen molar-refractivity contribution in [3.63, 3.8) is 0 Å². The summed E-state index contributed by atoms with van der Waals surface area (Å²) >= 11 is 5.68. The Labute approximate surface area is 103 Å². The minimum atomic E-state index is -3.88. The van der Waals surface area contributed by atoms with Gasteiger partial charge < -0.3 is 0 Å². The summed E-state index contributed by atoms with van der Waals surface area (Å²) in [7, 11) is -3.88. The Morgan fingerprint density at radius 1 is 1.71 bits per heavy atom. The molecule has 0 heterocycles. The lowest BCUT2D eigenvalue weighted by Gasteiger charge is -2.19. The molecule has 6 nitrogen and oxygen atoms in total. The first-order chi connectivity index (χ1) is 7.76. The van der Waals surface area contributed by atoms with Crippen molar-refractivity contribution < 1.29 is 17.5 Å². The molecule has 1 aliphatic rings. The van der Waals surface area contributed by atoms with Crippen LogP contribution in [-0.2, 0) is 14.3 Å². The maximum Gasteiger partial charge on any atom is 0.290 e. The van der Waals surface area contributed by atoms with E-state index in [0.29, 0.717) is 11.0 Å². The van der Waals surface area contributed by atoms with Crippen molar-refractivity contribution in [3.05, 3.63) is 44.5 Å². The second-order valence-electron chi connectivity index (χ2n) is 3.39. The van der Waals surface area contributed by atoms with Gasteiger partial charge in [0.25, 0.3) is 15.8 Å². The van der Waals surface area contributed by atoms with Gasteiger partial charge in [0, 0.05) is 0 Å². The summed E-state index contributed by atoms with van der Waals surface area (Å²) < 4.78 is 27.1. The zero-order chi connectivity index (χ0) is 13.2. The molecule has 0 radical (unpaired) electrons. The van der Waals surface area contributed by atoms with Crippen molar-refractivity contribution in [3.8, 4) is 0 Å². The molecule has 0 amide bonds. The molecule has 0 saturated heterocycles. The molecular formula is C9H10ClNO5S. The third-order valence-electron chi connectivity index (χ3n) is 2.19. The fourth-order valence-electron chi connectivity index (χ4n) is 1.28. The molecule has 0 aromatic heterocycles. The number of halogens is 1. The first-order valence-corrected chi connectivity index (χ1v) is 6.38. The van der Waals surface area contributed by atoms with E-state index in [2.05, 4.69) is 6.58 Å². The Balaban J connectivity index is 3.00. The van der Waals surface area contributed by atoms with Crippen LogP contribution in [0.15, 0.2) is 34.4 Å². The highest BCUT2D eigenvalue weighted by Gasteiger charge is 2.30. The minimum Gasteiger partial charge on any atom is -0.259 e. The Morgan fingerprint density at radius 3 is 2.76 bits per heavy atom. The maximum absolute atomic E-state index is 11.2.